The highest BCUT2D eigenvalue weighted by molar-refractivity contribution is 5.97. The fraction of sp³-hybridized carbons (Fsp3) is 0.348. The van der Waals surface area contributed by atoms with Gasteiger partial charge in [-0.05, 0) is 62.6 Å². The summed E-state index contributed by atoms with van der Waals surface area (Å²) in [5, 5.41) is 8.21. The van der Waals surface area contributed by atoms with Crippen molar-refractivity contribution in [2.24, 2.45) is 0 Å². The van der Waals surface area contributed by atoms with Gasteiger partial charge in [0.25, 0.3) is 5.91 Å². The van der Waals surface area contributed by atoms with Gasteiger partial charge in [0.05, 0.1) is 5.56 Å². The number of rotatable bonds is 8. The summed E-state index contributed by atoms with van der Waals surface area (Å²) < 4.78 is 5.27. The van der Waals surface area contributed by atoms with Gasteiger partial charge in [-0.2, -0.15) is 0 Å². The Morgan fingerprint density at radius 1 is 0.900 bits per heavy atom. The van der Waals surface area contributed by atoms with Crippen molar-refractivity contribution in [2.75, 3.05) is 5.32 Å². The molecule has 2 aromatic rings. The number of carbonyl (C=O) groups excluding carboxylic acids is 3. The van der Waals surface area contributed by atoms with E-state index in [-0.39, 0.29) is 12.1 Å². The molecule has 1 atom stereocenters. The maximum Gasteiger partial charge on any atom is 0.338 e. The number of carbonyl (C=O) groups is 3. The van der Waals surface area contributed by atoms with E-state index in [2.05, 4.69) is 22.9 Å². The first-order valence-electron chi connectivity index (χ1n) is 10.0. The van der Waals surface area contributed by atoms with Crippen molar-refractivity contribution in [3.63, 3.8) is 0 Å². The van der Waals surface area contributed by atoms with Crippen LogP contribution in [0.2, 0.25) is 0 Å². The van der Waals surface area contributed by atoms with Crippen LogP contribution in [0.15, 0.2) is 48.5 Å². The van der Waals surface area contributed by atoms with Crippen LogP contribution in [-0.2, 0) is 22.5 Å². The van der Waals surface area contributed by atoms with E-state index in [1.54, 1.807) is 24.3 Å². The highest BCUT2D eigenvalue weighted by Crippen LogP contribution is 2.12. The highest BCUT2D eigenvalue weighted by Gasteiger charge is 2.19. The molecule has 3 amide bonds. The third kappa shape index (κ3) is 7.24. The van der Waals surface area contributed by atoms with Gasteiger partial charge in [-0.25, -0.2) is 9.59 Å². The molecule has 160 valence electrons. The number of aryl methyl sites for hydroxylation is 1. The van der Waals surface area contributed by atoms with Gasteiger partial charge < -0.3 is 20.7 Å². The molecule has 3 N–H and O–H groups in total. The molecule has 0 saturated heterocycles. The fourth-order valence-corrected chi connectivity index (χ4v) is 2.60. The van der Waals surface area contributed by atoms with E-state index in [1.807, 2.05) is 38.1 Å². The lowest BCUT2D eigenvalue weighted by Crippen LogP contribution is -2.39. The Morgan fingerprint density at radius 3 is 2.07 bits per heavy atom. The smallest absolute Gasteiger partial charge is 0.338 e. The number of nitrogens with one attached hydrogen (secondary N) is 3. The van der Waals surface area contributed by atoms with Crippen LogP contribution >= 0.6 is 0 Å². The number of esters is 1. The third-order valence-electron chi connectivity index (χ3n) is 4.35. The summed E-state index contributed by atoms with van der Waals surface area (Å²) in [6.45, 7) is 7.68. The number of ether oxygens (including phenoxy) is 1. The second-order valence-corrected chi connectivity index (χ2v) is 7.27. The average Bonchev–Trinajstić information content (AvgIpc) is 2.72. The van der Waals surface area contributed by atoms with Crippen molar-refractivity contribution in [1.29, 1.82) is 0 Å². The lowest BCUT2D eigenvalue weighted by molar-refractivity contribution is -0.123. The molecule has 0 aliphatic rings. The SMILES string of the molecule is CCc1ccc(NC(=O)[C@@H](C)OC(=O)c2ccc(CNC(=O)NC(C)C)cc2)cc1. The Bertz CT molecular complexity index is 861. The van der Waals surface area contributed by atoms with E-state index >= 15 is 0 Å². The predicted molar refractivity (Wildman–Crippen MR) is 116 cm³/mol. The van der Waals surface area contributed by atoms with Gasteiger partial charge in [0.15, 0.2) is 6.10 Å². The molecule has 30 heavy (non-hydrogen) atoms. The molecule has 2 aromatic carbocycles. The minimum Gasteiger partial charge on any atom is -0.449 e. The standard InChI is InChI=1S/C23H29N3O4/c1-5-17-8-12-20(13-9-17)26-21(27)16(4)30-22(28)19-10-6-18(7-11-19)14-24-23(29)25-15(2)3/h6-13,15-16H,5,14H2,1-4H3,(H,26,27)(H2,24,25,29)/t16-/m1/s1. The normalized spacial score (nSPS) is 11.5. The van der Waals surface area contributed by atoms with Crippen LogP contribution in [0.1, 0.15) is 49.2 Å². The number of amides is 3. The Morgan fingerprint density at radius 2 is 1.50 bits per heavy atom. The van der Waals surface area contributed by atoms with E-state index in [0.717, 1.165) is 12.0 Å². The molecular formula is C23H29N3O4. The van der Waals surface area contributed by atoms with Gasteiger partial charge in [0.2, 0.25) is 0 Å². The average molecular weight is 412 g/mol. The molecule has 0 radical (unpaired) electrons. The van der Waals surface area contributed by atoms with Crippen molar-refractivity contribution in [2.45, 2.75) is 52.8 Å². The number of anilines is 1. The molecule has 2 rings (SSSR count). The summed E-state index contributed by atoms with van der Waals surface area (Å²) in [7, 11) is 0. The molecule has 0 spiro atoms. The molecule has 7 heteroatoms. The highest BCUT2D eigenvalue weighted by atomic mass is 16.5. The third-order valence-corrected chi connectivity index (χ3v) is 4.35. The van der Waals surface area contributed by atoms with Crippen LogP contribution in [0.3, 0.4) is 0 Å². The van der Waals surface area contributed by atoms with E-state index in [4.69, 9.17) is 4.74 Å². The van der Waals surface area contributed by atoms with Crippen LogP contribution in [0.4, 0.5) is 10.5 Å². The minimum absolute atomic E-state index is 0.0528. The molecule has 0 bridgehead atoms. The molecule has 0 unspecified atom stereocenters. The van der Waals surface area contributed by atoms with E-state index in [9.17, 15) is 14.4 Å². The quantitative estimate of drug-likeness (QED) is 0.578. The topological polar surface area (TPSA) is 96.5 Å². The first kappa shape index (κ1) is 22.9. The maximum absolute atomic E-state index is 12.3. The second kappa shape index (κ2) is 11.0. The predicted octanol–water partition coefficient (Wildman–Crippen LogP) is 3.64. The number of benzene rings is 2. The van der Waals surface area contributed by atoms with E-state index in [0.29, 0.717) is 17.8 Å². The van der Waals surface area contributed by atoms with Crippen LogP contribution in [0.25, 0.3) is 0 Å². The fourth-order valence-electron chi connectivity index (χ4n) is 2.60. The zero-order valence-electron chi connectivity index (χ0n) is 17.8. The zero-order valence-corrected chi connectivity index (χ0v) is 17.8. The summed E-state index contributed by atoms with van der Waals surface area (Å²) in [6.07, 6.45) is -0.0215. The van der Waals surface area contributed by atoms with Crippen molar-refractivity contribution in [1.82, 2.24) is 10.6 Å². The van der Waals surface area contributed by atoms with Crippen molar-refractivity contribution >= 4 is 23.6 Å². The second-order valence-electron chi connectivity index (χ2n) is 7.27. The Kier molecular flexibility index (Phi) is 8.41. The summed E-state index contributed by atoms with van der Waals surface area (Å²) in [5.74, 6) is -0.986. The largest absolute Gasteiger partial charge is 0.449 e. The molecule has 7 nitrogen and oxygen atoms in total. The molecule has 0 saturated carbocycles. The van der Waals surface area contributed by atoms with Crippen LogP contribution in [0.5, 0.6) is 0 Å². The van der Waals surface area contributed by atoms with Gasteiger partial charge in [0.1, 0.15) is 0 Å². The molecular weight excluding hydrogens is 382 g/mol. The van der Waals surface area contributed by atoms with Gasteiger partial charge in [-0.3, -0.25) is 4.79 Å². The van der Waals surface area contributed by atoms with Crippen molar-refractivity contribution in [3.05, 3.63) is 65.2 Å². The monoisotopic (exact) mass is 411 g/mol. The molecule has 0 aromatic heterocycles. The molecule has 0 aliphatic carbocycles. The summed E-state index contributed by atoms with van der Waals surface area (Å²) in [6, 6.07) is 14.0. The number of hydrogen-bond acceptors (Lipinski definition) is 4. The van der Waals surface area contributed by atoms with E-state index < -0.39 is 18.0 Å². The molecule has 0 fully saturated rings. The number of urea groups is 1. The van der Waals surface area contributed by atoms with Gasteiger partial charge in [-0.1, -0.05) is 31.2 Å². The molecule has 0 aliphatic heterocycles. The van der Waals surface area contributed by atoms with Gasteiger partial charge in [-0.15, -0.1) is 0 Å². The summed E-state index contributed by atoms with van der Waals surface area (Å²) in [5.41, 5.74) is 2.99. The Hall–Kier alpha value is -3.35. The lowest BCUT2D eigenvalue weighted by Gasteiger charge is -2.14. The minimum atomic E-state index is -0.940. The first-order chi connectivity index (χ1) is 14.3. The van der Waals surface area contributed by atoms with Crippen molar-refractivity contribution in [3.8, 4) is 0 Å². The summed E-state index contributed by atoms with van der Waals surface area (Å²) in [4.78, 5) is 36.2. The van der Waals surface area contributed by atoms with Gasteiger partial charge in [0, 0.05) is 18.3 Å². The zero-order chi connectivity index (χ0) is 22.1. The van der Waals surface area contributed by atoms with E-state index in [1.165, 1.54) is 12.5 Å². The van der Waals surface area contributed by atoms with Crippen molar-refractivity contribution < 1.29 is 19.1 Å². The Balaban J connectivity index is 1.85. The van der Waals surface area contributed by atoms with Crippen LogP contribution in [0, 0.1) is 0 Å². The van der Waals surface area contributed by atoms with Crippen LogP contribution < -0.4 is 16.0 Å². The summed E-state index contributed by atoms with van der Waals surface area (Å²) >= 11 is 0. The number of hydrogen-bond donors (Lipinski definition) is 3. The van der Waals surface area contributed by atoms with Gasteiger partial charge >= 0.3 is 12.0 Å². The maximum atomic E-state index is 12.3. The first-order valence-corrected chi connectivity index (χ1v) is 10.0. The Labute approximate surface area is 177 Å². The molecule has 0 heterocycles. The van der Waals surface area contributed by atoms with Crippen LogP contribution in [-0.4, -0.2) is 30.1 Å². The lowest BCUT2D eigenvalue weighted by atomic mass is 10.1.